The standard InChI is InChI=1S/C10H13N3O/c14-9-3-1-8(2-4-9)13-10-7-11-5-6-12-10/h5-8H,1-4H2,(H,12,13). The molecule has 0 unspecified atom stereocenters. The number of carbonyl (C=O) groups is 1. The molecule has 0 radical (unpaired) electrons. The maximum absolute atomic E-state index is 11.0. The summed E-state index contributed by atoms with van der Waals surface area (Å²) in [6.45, 7) is 0. The van der Waals surface area contributed by atoms with Gasteiger partial charge in [-0.2, -0.15) is 0 Å². The first-order valence-corrected chi connectivity index (χ1v) is 4.89. The fraction of sp³-hybridized carbons (Fsp3) is 0.500. The zero-order valence-corrected chi connectivity index (χ0v) is 7.94. The zero-order chi connectivity index (χ0) is 9.80. The zero-order valence-electron chi connectivity index (χ0n) is 7.94. The number of ketones is 1. The Labute approximate surface area is 82.8 Å². The van der Waals surface area contributed by atoms with Crippen molar-refractivity contribution in [1.82, 2.24) is 9.97 Å². The Morgan fingerprint density at radius 3 is 2.71 bits per heavy atom. The second-order valence-electron chi connectivity index (χ2n) is 3.55. The number of hydrogen-bond donors (Lipinski definition) is 1. The molecular formula is C10H13N3O. The van der Waals surface area contributed by atoms with Crippen LogP contribution in [0.1, 0.15) is 25.7 Å². The van der Waals surface area contributed by atoms with Gasteiger partial charge in [-0.15, -0.1) is 0 Å². The summed E-state index contributed by atoms with van der Waals surface area (Å²) >= 11 is 0. The molecule has 4 nitrogen and oxygen atoms in total. The molecule has 1 N–H and O–H groups in total. The van der Waals surface area contributed by atoms with Crippen molar-refractivity contribution >= 4 is 11.6 Å². The van der Waals surface area contributed by atoms with Crippen LogP contribution < -0.4 is 5.32 Å². The van der Waals surface area contributed by atoms with E-state index in [1.54, 1.807) is 18.6 Å². The SMILES string of the molecule is O=C1CCC(Nc2cnccn2)CC1. The highest BCUT2D eigenvalue weighted by molar-refractivity contribution is 5.79. The maximum Gasteiger partial charge on any atom is 0.144 e. The predicted molar refractivity (Wildman–Crippen MR) is 52.9 cm³/mol. The highest BCUT2D eigenvalue weighted by Crippen LogP contribution is 2.17. The molecule has 14 heavy (non-hydrogen) atoms. The molecule has 2 rings (SSSR count). The number of Topliss-reactive ketones (excluding diaryl/α,β-unsaturated/α-hetero) is 1. The number of carbonyl (C=O) groups excluding carboxylic acids is 1. The Morgan fingerprint density at radius 2 is 2.07 bits per heavy atom. The summed E-state index contributed by atoms with van der Waals surface area (Å²) in [5, 5.41) is 3.28. The lowest BCUT2D eigenvalue weighted by Crippen LogP contribution is -2.26. The fourth-order valence-corrected chi connectivity index (χ4v) is 1.67. The van der Waals surface area contributed by atoms with Crippen molar-refractivity contribution in [3.8, 4) is 0 Å². The Bertz CT molecular complexity index is 302. The van der Waals surface area contributed by atoms with Gasteiger partial charge in [0.05, 0.1) is 6.20 Å². The molecule has 0 aliphatic heterocycles. The van der Waals surface area contributed by atoms with E-state index in [1.807, 2.05) is 0 Å². The molecule has 1 aromatic rings. The highest BCUT2D eigenvalue weighted by Gasteiger charge is 2.18. The van der Waals surface area contributed by atoms with Gasteiger partial charge in [-0.3, -0.25) is 9.78 Å². The van der Waals surface area contributed by atoms with Crippen molar-refractivity contribution in [3.63, 3.8) is 0 Å². The molecular weight excluding hydrogens is 178 g/mol. The van der Waals surface area contributed by atoms with Crippen LogP contribution in [0.4, 0.5) is 5.82 Å². The third-order valence-electron chi connectivity index (χ3n) is 2.46. The molecule has 0 bridgehead atoms. The van der Waals surface area contributed by atoms with Gasteiger partial charge in [-0.25, -0.2) is 4.98 Å². The molecule has 1 fully saturated rings. The molecule has 1 aliphatic carbocycles. The minimum absolute atomic E-state index is 0.377. The minimum atomic E-state index is 0.377. The monoisotopic (exact) mass is 191 g/mol. The first-order valence-electron chi connectivity index (χ1n) is 4.89. The van der Waals surface area contributed by atoms with Gasteiger partial charge in [0, 0.05) is 31.3 Å². The topological polar surface area (TPSA) is 54.9 Å². The molecule has 1 heterocycles. The van der Waals surface area contributed by atoms with Crippen molar-refractivity contribution in [1.29, 1.82) is 0 Å². The van der Waals surface area contributed by atoms with Crippen LogP contribution in [0.3, 0.4) is 0 Å². The van der Waals surface area contributed by atoms with Crippen LogP contribution in [0.5, 0.6) is 0 Å². The number of aromatic nitrogens is 2. The van der Waals surface area contributed by atoms with Crippen molar-refractivity contribution in [2.75, 3.05) is 5.32 Å². The average Bonchev–Trinajstić information content (AvgIpc) is 2.23. The molecule has 0 atom stereocenters. The van der Waals surface area contributed by atoms with Crippen LogP contribution >= 0.6 is 0 Å². The lowest BCUT2D eigenvalue weighted by atomic mass is 9.94. The highest BCUT2D eigenvalue weighted by atomic mass is 16.1. The van der Waals surface area contributed by atoms with Crippen molar-refractivity contribution in [2.45, 2.75) is 31.7 Å². The van der Waals surface area contributed by atoms with E-state index in [-0.39, 0.29) is 0 Å². The van der Waals surface area contributed by atoms with Crippen LogP contribution in [0, 0.1) is 0 Å². The molecule has 0 spiro atoms. The van der Waals surface area contributed by atoms with Gasteiger partial charge in [-0.1, -0.05) is 0 Å². The van der Waals surface area contributed by atoms with E-state index in [9.17, 15) is 4.79 Å². The maximum atomic E-state index is 11.0. The lowest BCUT2D eigenvalue weighted by molar-refractivity contribution is -0.120. The predicted octanol–water partition coefficient (Wildman–Crippen LogP) is 1.40. The van der Waals surface area contributed by atoms with Crippen LogP contribution in [0.2, 0.25) is 0 Å². The Morgan fingerprint density at radius 1 is 1.29 bits per heavy atom. The summed E-state index contributed by atoms with van der Waals surface area (Å²) in [5.41, 5.74) is 0. The van der Waals surface area contributed by atoms with Crippen LogP contribution in [0.25, 0.3) is 0 Å². The van der Waals surface area contributed by atoms with E-state index in [0.29, 0.717) is 24.7 Å². The number of hydrogen-bond acceptors (Lipinski definition) is 4. The summed E-state index contributed by atoms with van der Waals surface area (Å²) in [6, 6.07) is 0.379. The second kappa shape index (κ2) is 4.17. The van der Waals surface area contributed by atoms with Crippen LogP contribution in [0.15, 0.2) is 18.6 Å². The first-order chi connectivity index (χ1) is 6.84. The Balaban J connectivity index is 1.89. The Kier molecular flexibility index (Phi) is 2.72. The number of anilines is 1. The summed E-state index contributed by atoms with van der Waals surface area (Å²) in [4.78, 5) is 19.1. The van der Waals surface area contributed by atoms with Gasteiger partial charge in [0.15, 0.2) is 0 Å². The van der Waals surface area contributed by atoms with E-state index in [2.05, 4.69) is 15.3 Å². The molecule has 1 aliphatic rings. The van der Waals surface area contributed by atoms with Crippen molar-refractivity contribution in [2.24, 2.45) is 0 Å². The fourth-order valence-electron chi connectivity index (χ4n) is 1.67. The van der Waals surface area contributed by atoms with E-state index < -0.39 is 0 Å². The number of nitrogens with zero attached hydrogens (tertiary/aromatic N) is 2. The van der Waals surface area contributed by atoms with Crippen LogP contribution in [-0.2, 0) is 4.79 Å². The van der Waals surface area contributed by atoms with Gasteiger partial charge in [0.25, 0.3) is 0 Å². The lowest BCUT2D eigenvalue weighted by Gasteiger charge is -2.22. The summed E-state index contributed by atoms with van der Waals surface area (Å²) in [5.74, 6) is 1.18. The van der Waals surface area contributed by atoms with Gasteiger partial charge in [0.1, 0.15) is 11.6 Å². The third-order valence-corrected chi connectivity index (χ3v) is 2.46. The van der Waals surface area contributed by atoms with Gasteiger partial charge < -0.3 is 5.32 Å². The smallest absolute Gasteiger partial charge is 0.144 e. The van der Waals surface area contributed by atoms with E-state index in [0.717, 1.165) is 18.7 Å². The minimum Gasteiger partial charge on any atom is -0.366 e. The second-order valence-corrected chi connectivity index (χ2v) is 3.55. The Hall–Kier alpha value is -1.45. The number of rotatable bonds is 2. The molecule has 4 heteroatoms. The summed E-state index contributed by atoms with van der Waals surface area (Å²) < 4.78 is 0. The van der Waals surface area contributed by atoms with Crippen molar-refractivity contribution < 1.29 is 4.79 Å². The molecule has 0 amide bonds. The van der Waals surface area contributed by atoms with Crippen molar-refractivity contribution in [3.05, 3.63) is 18.6 Å². The molecule has 0 aromatic carbocycles. The average molecular weight is 191 g/mol. The molecule has 74 valence electrons. The van der Waals surface area contributed by atoms with Gasteiger partial charge in [-0.05, 0) is 12.8 Å². The quantitative estimate of drug-likeness (QED) is 0.767. The van der Waals surface area contributed by atoms with Crippen LogP contribution in [-0.4, -0.2) is 21.8 Å². The van der Waals surface area contributed by atoms with Gasteiger partial charge >= 0.3 is 0 Å². The summed E-state index contributed by atoms with van der Waals surface area (Å²) in [6.07, 6.45) is 8.23. The summed E-state index contributed by atoms with van der Waals surface area (Å²) in [7, 11) is 0. The molecule has 0 saturated heterocycles. The largest absolute Gasteiger partial charge is 0.366 e. The molecule has 1 aromatic heterocycles. The third kappa shape index (κ3) is 2.28. The van der Waals surface area contributed by atoms with E-state index in [1.165, 1.54) is 0 Å². The molecule has 1 saturated carbocycles. The van der Waals surface area contributed by atoms with E-state index in [4.69, 9.17) is 0 Å². The first kappa shape index (κ1) is 9.12. The number of nitrogens with one attached hydrogen (secondary N) is 1. The normalized spacial score (nSPS) is 18.1. The van der Waals surface area contributed by atoms with Gasteiger partial charge in [0.2, 0.25) is 0 Å². The van der Waals surface area contributed by atoms with E-state index >= 15 is 0 Å².